The number of benzene rings is 1. The predicted octanol–water partition coefficient (Wildman–Crippen LogP) is 4.75. The topological polar surface area (TPSA) is 51.3 Å². The first-order chi connectivity index (χ1) is 12.4. The summed E-state index contributed by atoms with van der Waals surface area (Å²) in [4.78, 5) is 15.6. The van der Waals surface area contributed by atoms with Crippen molar-refractivity contribution in [3.05, 3.63) is 58.4 Å². The third-order valence-corrected chi connectivity index (χ3v) is 5.33. The highest BCUT2D eigenvalue weighted by molar-refractivity contribution is 6.30. The highest BCUT2D eigenvalue weighted by Crippen LogP contribution is 2.54. The van der Waals surface area contributed by atoms with Gasteiger partial charge < -0.3 is 14.5 Å². The first kappa shape index (κ1) is 19.0. The number of nitrogens with one attached hydrogen (secondary N) is 1. The summed E-state index contributed by atoms with van der Waals surface area (Å²) in [6, 6.07) is 9.80. The van der Waals surface area contributed by atoms with Gasteiger partial charge in [0.05, 0.1) is 17.7 Å². The smallest absolute Gasteiger partial charge is 0.312 e. The van der Waals surface area contributed by atoms with Gasteiger partial charge in [-0.05, 0) is 42.2 Å². The number of carbonyl (C=O) groups is 1. The lowest BCUT2D eigenvalue weighted by atomic mass is 10.1. The zero-order valence-corrected chi connectivity index (χ0v) is 16.3. The Balaban J connectivity index is 1.56. The molecule has 0 radical (unpaired) electrons. The fourth-order valence-corrected chi connectivity index (χ4v) is 3.49. The van der Waals surface area contributed by atoms with E-state index >= 15 is 0 Å². The van der Waals surface area contributed by atoms with E-state index in [0.717, 1.165) is 34.7 Å². The quantitative estimate of drug-likeness (QED) is 0.677. The first-order valence-corrected chi connectivity index (χ1v) is 9.49. The number of hydrogen-bond acceptors (Lipinski definition) is 3. The average Bonchev–Trinajstić information content (AvgIpc) is 2.92. The molecule has 0 amide bonds. The first-order valence-electron chi connectivity index (χ1n) is 9.11. The highest BCUT2D eigenvalue weighted by Gasteiger charge is 2.64. The molecule has 26 heavy (non-hydrogen) atoms. The Labute approximate surface area is 159 Å². The molecule has 1 aromatic carbocycles. The number of aromatic nitrogens is 1. The van der Waals surface area contributed by atoms with E-state index in [1.54, 1.807) is 0 Å². The van der Waals surface area contributed by atoms with Gasteiger partial charge in [0.25, 0.3) is 0 Å². The number of hydrogen-bond donors (Lipinski definition) is 1. The second kappa shape index (κ2) is 7.85. The van der Waals surface area contributed by atoms with Crippen LogP contribution in [0, 0.1) is 11.3 Å². The van der Waals surface area contributed by atoms with Gasteiger partial charge in [-0.15, -0.1) is 0 Å². The van der Waals surface area contributed by atoms with E-state index in [2.05, 4.69) is 25.8 Å². The molecule has 1 saturated carbocycles. The molecule has 1 heterocycles. The average molecular weight is 376 g/mol. The third kappa shape index (κ3) is 4.13. The number of halogens is 1. The van der Waals surface area contributed by atoms with Crippen LogP contribution in [0.5, 0.6) is 0 Å². The standard InChI is InChI=1S/C21H26ClNO3/c1-4-11-25-19-18(21(19,2)3)20(24)26-13-17-15(9-10-23-17)12-14-5-7-16(22)8-6-14/h5-10,18-19,23H,4,11-13H2,1-3H3. The molecule has 140 valence electrons. The van der Waals surface area contributed by atoms with Crippen molar-refractivity contribution in [3.8, 4) is 0 Å². The van der Waals surface area contributed by atoms with E-state index in [1.807, 2.05) is 36.5 Å². The molecule has 2 atom stereocenters. The van der Waals surface area contributed by atoms with Crippen LogP contribution < -0.4 is 0 Å². The Morgan fingerprint density at radius 3 is 2.65 bits per heavy atom. The fraction of sp³-hybridized carbons (Fsp3) is 0.476. The van der Waals surface area contributed by atoms with Crippen molar-refractivity contribution < 1.29 is 14.3 Å². The summed E-state index contributed by atoms with van der Waals surface area (Å²) in [5.41, 5.74) is 3.07. The van der Waals surface area contributed by atoms with Crippen LogP contribution in [0.3, 0.4) is 0 Å². The van der Waals surface area contributed by atoms with Crippen molar-refractivity contribution in [2.75, 3.05) is 6.61 Å². The monoisotopic (exact) mass is 375 g/mol. The van der Waals surface area contributed by atoms with Crippen molar-refractivity contribution >= 4 is 17.6 Å². The van der Waals surface area contributed by atoms with E-state index in [-0.39, 0.29) is 30.0 Å². The minimum absolute atomic E-state index is 0.0351. The number of aromatic amines is 1. The Morgan fingerprint density at radius 1 is 1.23 bits per heavy atom. The minimum atomic E-state index is -0.178. The van der Waals surface area contributed by atoms with Gasteiger partial charge in [-0.3, -0.25) is 4.79 Å². The van der Waals surface area contributed by atoms with Crippen molar-refractivity contribution in [2.45, 2.75) is 46.3 Å². The Morgan fingerprint density at radius 2 is 1.96 bits per heavy atom. The second-order valence-corrected chi connectivity index (χ2v) is 7.92. The molecule has 1 aromatic heterocycles. The zero-order chi connectivity index (χ0) is 18.7. The number of H-pyrrole nitrogens is 1. The maximum absolute atomic E-state index is 12.5. The largest absolute Gasteiger partial charge is 0.459 e. The van der Waals surface area contributed by atoms with Crippen LogP contribution >= 0.6 is 11.6 Å². The van der Waals surface area contributed by atoms with E-state index in [0.29, 0.717) is 6.61 Å². The van der Waals surface area contributed by atoms with Crippen LogP contribution in [0.4, 0.5) is 0 Å². The van der Waals surface area contributed by atoms with Gasteiger partial charge in [-0.2, -0.15) is 0 Å². The SMILES string of the molecule is CCCOC1C(C(=O)OCc2[nH]ccc2Cc2ccc(Cl)cc2)C1(C)C. The molecule has 4 nitrogen and oxygen atoms in total. The molecule has 1 aliphatic carbocycles. The number of rotatable bonds is 8. The van der Waals surface area contributed by atoms with E-state index < -0.39 is 0 Å². The van der Waals surface area contributed by atoms with Crippen molar-refractivity contribution in [1.82, 2.24) is 4.98 Å². The summed E-state index contributed by atoms with van der Waals surface area (Å²) >= 11 is 5.94. The van der Waals surface area contributed by atoms with Crippen LogP contribution in [-0.4, -0.2) is 23.7 Å². The van der Waals surface area contributed by atoms with Gasteiger partial charge in [0, 0.05) is 23.2 Å². The van der Waals surface area contributed by atoms with Gasteiger partial charge in [0.2, 0.25) is 0 Å². The second-order valence-electron chi connectivity index (χ2n) is 7.48. The normalized spacial score (nSPS) is 20.8. The van der Waals surface area contributed by atoms with Crippen LogP contribution in [0.2, 0.25) is 5.02 Å². The highest BCUT2D eigenvalue weighted by atomic mass is 35.5. The van der Waals surface area contributed by atoms with Crippen molar-refractivity contribution in [1.29, 1.82) is 0 Å². The lowest BCUT2D eigenvalue weighted by Gasteiger charge is -2.07. The number of ether oxygens (including phenoxy) is 2. The van der Waals surface area contributed by atoms with Crippen molar-refractivity contribution in [3.63, 3.8) is 0 Å². The maximum Gasteiger partial charge on any atom is 0.312 e. The molecule has 1 aliphatic rings. The van der Waals surface area contributed by atoms with E-state index in [1.165, 1.54) is 0 Å². The van der Waals surface area contributed by atoms with Crippen LogP contribution in [0.15, 0.2) is 36.5 Å². The van der Waals surface area contributed by atoms with Gasteiger partial charge >= 0.3 is 5.97 Å². The molecule has 2 aromatic rings. The van der Waals surface area contributed by atoms with Crippen LogP contribution in [0.25, 0.3) is 0 Å². The van der Waals surface area contributed by atoms with Crippen LogP contribution in [0.1, 0.15) is 44.0 Å². The van der Waals surface area contributed by atoms with E-state index in [9.17, 15) is 4.79 Å². The molecule has 0 saturated heterocycles. The summed E-state index contributed by atoms with van der Waals surface area (Å²) in [6.07, 6.45) is 3.56. The molecule has 1 N–H and O–H groups in total. The summed E-state index contributed by atoms with van der Waals surface area (Å²) < 4.78 is 11.4. The maximum atomic E-state index is 12.5. The third-order valence-electron chi connectivity index (χ3n) is 5.08. The summed E-state index contributed by atoms with van der Waals surface area (Å²) in [5.74, 6) is -0.355. The minimum Gasteiger partial charge on any atom is -0.459 e. The molecular formula is C21H26ClNO3. The van der Waals surface area contributed by atoms with Gasteiger partial charge in [0.15, 0.2) is 0 Å². The molecule has 5 heteroatoms. The number of carbonyl (C=O) groups excluding carboxylic acids is 1. The summed E-state index contributed by atoms with van der Waals surface area (Å²) in [5, 5.41) is 0.726. The molecule has 0 aliphatic heterocycles. The molecule has 1 fully saturated rings. The van der Waals surface area contributed by atoms with E-state index in [4.69, 9.17) is 21.1 Å². The molecule has 0 bridgehead atoms. The summed E-state index contributed by atoms with van der Waals surface area (Å²) in [6.45, 7) is 7.11. The van der Waals surface area contributed by atoms with Crippen molar-refractivity contribution in [2.24, 2.45) is 11.3 Å². The Hall–Kier alpha value is -1.78. The van der Waals surface area contributed by atoms with Gasteiger partial charge in [-0.1, -0.05) is 44.5 Å². The Bertz CT molecular complexity index is 751. The molecular weight excluding hydrogens is 350 g/mol. The lowest BCUT2D eigenvalue weighted by Crippen LogP contribution is -2.12. The summed E-state index contributed by atoms with van der Waals surface area (Å²) in [7, 11) is 0. The molecule has 0 spiro atoms. The van der Waals surface area contributed by atoms with Crippen LogP contribution in [-0.2, 0) is 27.3 Å². The zero-order valence-electron chi connectivity index (χ0n) is 15.5. The molecule has 3 rings (SSSR count). The van der Waals surface area contributed by atoms with Gasteiger partial charge in [0.1, 0.15) is 6.61 Å². The lowest BCUT2D eigenvalue weighted by molar-refractivity contribution is -0.148. The number of esters is 1. The predicted molar refractivity (Wildman–Crippen MR) is 102 cm³/mol. The van der Waals surface area contributed by atoms with Gasteiger partial charge in [-0.25, -0.2) is 0 Å². The fourth-order valence-electron chi connectivity index (χ4n) is 3.37. The molecule has 2 unspecified atom stereocenters. The Kier molecular flexibility index (Phi) is 5.73.